The molecular formula is C23H20N2O3. The maximum Gasteiger partial charge on any atom is 0.262 e. The summed E-state index contributed by atoms with van der Waals surface area (Å²) in [7, 11) is 1.63. The summed E-state index contributed by atoms with van der Waals surface area (Å²) in [6.45, 7) is -0.182. The van der Waals surface area contributed by atoms with E-state index in [2.05, 4.69) is 5.32 Å². The minimum Gasteiger partial charge on any atom is -0.496 e. The van der Waals surface area contributed by atoms with E-state index in [0.717, 1.165) is 16.9 Å². The largest absolute Gasteiger partial charge is 0.496 e. The van der Waals surface area contributed by atoms with E-state index < -0.39 is 0 Å². The topological polar surface area (TPSA) is 71.3 Å². The van der Waals surface area contributed by atoms with Crippen LogP contribution in [0.5, 0.6) is 11.5 Å². The molecular weight excluding hydrogens is 352 g/mol. The molecule has 1 N–H and O–H groups in total. The number of rotatable bonds is 7. The van der Waals surface area contributed by atoms with Gasteiger partial charge in [-0.25, -0.2) is 0 Å². The standard InChI is InChI=1S/C23H20N2O3/c1-27-21-12-11-20(14-19(21)13-17-7-3-2-4-8-17)25-23(26)16-28-22-10-6-5-9-18(22)15-24/h2-12,14H,13,16H2,1H3,(H,25,26). The van der Waals surface area contributed by atoms with Gasteiger partial charge < -0.3 is 14.8 Å². The van der Waals surface area contributed by atoms with Crippen LogP contribution in [0, 0.1) is 11.3 Å². The Kier molecular flexibility index (Phi) is 6.27. The number of nitriles is 1. The smallest absolute Gasteiger partial charge is 0.262 e. The average Bonchev–Trinajstić information content (AvgIpc) is 2.73. The van der Waals surface area contributed by atoms with Crippen molar-refractivity contribution in [3.05, 3.63) is 89.5 Å². The lowest BCUT2D eigenvalue weighted by molar-refractivity contribution is -0.118. The van der Waals surface area contributed by atoms with Crippen LogP contribution in [0.4, 0.5) is 5.69 Å². The van der Waals surface area contributed by atoms with Crippen molar-refractivity contribution in [3.63, 3.8) is 0 Å². The molecule has 3 aromatic rings. The van der Waals surface area contributed by atoms with Crippen molar-refractivity contribution in [2.45, 2.75) is 6.42 Å². The molecule has 0 unspecified atom stereocenters. The Morgan fingerprint density at radius 3 is 2.50 bits per heavy atom. The number of hydrogen-bond donors (Lipinski definition) is 1. The number of nitrogens with one attached hydrogen (secondary N) is 1. The molecule has 5 heteroatoms. The normalized spacial score (nSPS) is 10.0. The first kappa shape index (κ1) is 19.0. The van der Waals surface area contributed by atoms with Gasteiger partial charge in [-0.2, -0.15) is 5.26 Å². The Morgan fingerprint density at radius 2 is 1.75 bits per heavy atom. The summed E-state index contributed by atoms with van der Waals surface area (Å²) in [6.07, 6.45) is 0.694. The number of para-hydroxylation sites is 1. The quantitative estimate of drug-likeness (QED) is 0.675. The third-order valence-electron chi connectivity index (χ3n) is 4.17. The average molecular weight is 372 g/mol. The predicted octanol–water partition coefficient (Wildman–Crippen LogP) is 4.18. The molecule has 0 saturated heterocycles. The maximum absolute atomic E-state index is 12.3. The molecule has 3 rings (SSSR count). The van der Waals surface area contributed by atoms with Crippen molar-refractivity contribution < 1.29 is 14.3 Å². The Morgan fingerprint density at radius 1 is 1.00 bits per heavy atom. The molecule has 1 amide bonds. The highest BCUT2D eigenvalue weighted by Gasteiger charge is 2.10. The fourth-order valence-electron chi connectivity index (χ4n) is 2.84. The first-order chi connectivity index (χ1) is 13.7. The highest BCUT2D eigenvalue weighted by Crippen LogP contribution is 2.25. The number of benzene rings is 3. The summed E-state index contributed by atoms with van der Waals surface area (Å²) in [5.41, 5.74) is 3.18. The van der Waals surface area contributed by atoms with Crippen LogP contribution in [0.25, 0.3) is 0 Å². The molecule has 5 nitrogen and oxygen atoms in total. The molecule has 3 aromatic carbocycles. The number of carbonyl (C=O) groups excluding carboxylic acids is 1. The molecule has 0 radical (unpaired) electrons. The molecule has 0 saturated carbocycles. The predicted molar refractivity (Wildman–Crippen MR) is 108 cm³/mol. The van der Waals surface area contributed by atoms with Crippen molar-refractivity contribution >= 4 is 11.6 Å². The monoisotopic (exact) mass is 372 g/mol. The first-order valence-corrected chi connectivity index (χ1v) is 8.82. The van der Waals surface area contributed by atoms with Gasteiger partial charge >= 0.3 is 0 Å². The summed E-state index contributed by atoms with van der Waals surface area (Å²) in [4.78, 5) is 12.3. The summed E-state index contributed by atoms with van der Waals surface area (Å²) < 4.78 is 10.9. The van der Waals surface area contributed by atoms with Crippen LogP contribution < -0.4 is 14.8 Å². The van der Waals surface area contributed by atoms with Gasteiger partial charge in [0, 0.05) is 17.7 Å². The molecule has 28 heavy (non-hydrogen) atoms. The van der Waals surface area contributed by atoms with E-state index in [1.165, 1.54) is 0 Å². The van der Waals surface area contributed by atoms with Crippen molar-refractivity contribution in [1.82, 2.24) is 0 Å². The van der Waals surface area contributed by atoms with E-state index in [1.54, 1.807) is 37.4 Å². The fourth-order valence-corrected chi connectivity index (χ4v) is 2.84. The number of carbonyl (C=O) groups is 1. The summed E-state index contributed by atoms with van der Waals surface area (Å²) >= 11 is 0. The van der Waals surface area contributed by atoms with E-state index in [-0.39, 0.29) is 12.5 Å². The molecule has 0 aliphatic heterocycles. The third-order valence-corrected chi connectivity index (χ3v) is 4.17. The second-order valence-electron chi connectivity index (χ2n) is 6.13. The lowest BCUT2D eigenvalue weighted by Crippen LogP contribution is -2.20. The van der Waals surface area contributed by atoms with Crippen LogP contribution in [0.15, 0.2) is 72.8 Å². The van der Waals surface area contributed by atoms with Crippen LogP contribution in [0.2, 0.25) is 0 Å². The number of anilines is 1. The second-order valence-corrected chi connectivity index (χ2v) is 6.13. The Labute approximate surface area is 164 Å². The molecule has 0 fully saturated rings. The molecule has 0 spiro atoms. The Balaban J connectivity index is 1.67. The van der Waals surface area contributed by atoms with Gasteiger partial charge in [-0.05, 0) is 35.9 Å². The minimum atomic E-state index is -0.302. The number of ether oxygens (including phenoxy) is 2. The summed E-state index contributed by atoms with van der Waals surface area (Å²) in [6, 6.07) is 24.4. The SMILES string of the molecule is COc1ccc(NC(=O)COc2ccccc2C#N)cc1Cc1ccccc1. The first-order valence-electron chi connectivity index (χ1n) is 8.82. The van der Waals surface area contributed by atoms with Crippen LogP contribution >= 0.6 is 0 Å². The summed E-state index contributed by atoms with van der Waals surface area (Å²) in [5, 5.41) is 11.9. The van der Waals surface area contributed by atoms with Gasteiger partial charge in [0.25, 0.3) is 5.91 Å². The number of amides is 1. The lowest BCUT2D eigenvalue weighted by atomic mass is 10.0. The van der Waals surface area contributed by atoms with Gasteiger partial charge in [0.2, 0.25) is 0 Å². The number of nitrogens with zero attached hydrogens (tertiary/aromatic N) is 1. The highest BCUT2D eigenvalue weighted by atomic mass is 16.5. The van der Waals surface area contributed by atoms with Gasteiger partial charge in [-0.3, -0.25) is 4.79 Å². The van der Waals surface area contributed by atoms with Gasteiger partial charge in [-0.15, -0.1) is 0 Å². The number of methoxy groups -OCH3 is 1. The molecule has 0 heterocycles. The van der Waals surface area contributed by atoms with Crippen LogP contribution in [-0.4, -0.2) is 19.6 Å². The van der Waals surface area contributed by atoms with E-state index in [1.807, 2.05) is 48.5 Å². The van der Waals surface area contributed by atoms with Gasteiger partial charge in [0.1, 0.15) is 17.6 Å². The molecule has 0 aliphatic rings. The zero-order valence-corrected chi connectivity index (χ0v) is 15.5. The highest BCUT2D eigenvalue weighted by molar-refractivity contribution is 5.92. The number of hydrogen-bond acceptors (Lipinski definition) is 4. The van der Waals surface area contributed by atoms with Crippen molar-refractivity contribution in [2.75, 3.05) is 19.0 Å². The Bertz CT molecular complexity index is 994. The summed E-state index contributed by atoms with van der Waals surface area (Å²) in [5.74, 6) is 0.851. The van der Waals surface area contributed by atoms with Crippen molar-refractivity contribution in [3.8, 4) is 17.6 Å². The molecule has 140 valence electrons. The van der Waals surface area contributed by atoms with Gasteiger partial charge in [0.15, 0.2) is 6.61 Å². The van der Waals surface area contributed by atoms with Crippen LogP contribution in [0.1, 0.15) is 16.7 Å². The van der Waals surface area contributed by atoms with E-state index >= 15 is 0 Å². The second kappa shape index (κ2) is 9.24. The zero-order chi connectivity index (χ0) is 19.8. The molecule has 0 aromatic heterocycles. The maximum atomic E-state index is 12.3. The molecule has 0 aliphatic carbocycles. The van der Waals surface area contributed by atoms with Crippen LogP contribution in [-0.2, 0) is 11.2 Å². The lowest BCUT2D eigenvalue weighted by Gasteiger charge is -2.12. The van der Waals surface area contributed by atoms with Gasteiger partial charge in [0.05, 0.1) is 12.7 Å². The van der Waals surface area contributed by atoms with Crippen molar-refractivity contribution in [2.24, 2.45) is 0 Å². The Hall–Kier alpha value is -3.78. The zero-order valence-electron chi connectivity index (χ0n) is 15.5. The van der Waals surface area contributed by atoms with E-state index in [9.17, 15) is 4.79 Å². The minimum absolute atomic E-state index is 0.182. The fraction of sp³-hybridized carbons (Fsp3) is 0.130. The van der Waals surface area contributed by atoms with Crippen molar-refractivity contribution in [1.29, 1.82) is 5.26 Å². The third kappa shape index (κ3) is 4.89. The van der Waals surface area contributed by atoms with Gasteiger partial charge in [-0.1, -0.05) is 42.5 Å². The van der Waals surface area contributed by atoms with E-state index in [0.29, 0.717) is 23.4 Å². The molecule has 0 bridgehead atoms. The van der Waals surface area contributed by atoms with Crippen LogP contribution in [0.3, 0.4) is 0 Å². The van der Waals surface area contributed by atoms with E-state index in [4.69, 9.17) is 14.7 Å². The molecule has 0 atom stereocenters.